The van der Waals surface area contributed by atoms with E-state index in [-0.39, 0.29) is 6.71 Å². The van der Waals surface area contributed by atoms with Crippen LogP contribution < -0.4 is 37.1 Å². The summed E-state index contributed by atoms with van der Waals surface area (Å²) in [4.78, 5) is 0. The SMILES string of the molecule is c1ccc(-c2cc(-c3cccc4c3sc3ccc([Si](c5ccccc5)(c5ccccc5)c5ccccc5)cc34)cc(-c3ccccc3)c2B2c3ccccc3Cc3ccccc32)cc1. The van der Waals surface area contributed by atoms with Crippen LogP contribution in [-0.2, 0) is 6.42 Å². The Morgan fingerprint density at radius 3 is 1.33 bits per heavy atom. The summed E-state index contributed by atoms with van der Waals surface area (Å²) in [6.07, 6.45) is 0.948. The lowest BCUT2D eigenvalue weighted by Crippen LogP contribution is -2.74. The van der Waals surface area contributed by atoms with E-state index in [1.54, 1.807) is 0 Å². The predicted molar refractivity (Wildman–Crippen MR) is 280 cm³/mol. The van der Waals surface area contributed by atoms with E-state index in [2.05, 4.69) is 249 Å². The zero-order valence-corrected chi connectivity index (χ0v) is 37.2. The van der Waals surface area contributed by atoms with Crippen LogP contribution in [0.5, 0.6) is 0 Å². The first kappa shape index (κ1) is 38.4. The second-order valence-electron chi connectivity index (χ2n) is 17.1. The van der Waals surface area contributed by atoms with Crippen molar-refractivity contribution >= 4 is 83.4 Å². The van der Waals surface area contributed by atoms with Gasteiger partial charge in [-0.3, -0.25) is 0 Å². The summed E-state index contributed by atoms with van der Waals surface area (Å²) < 4.78 is 2.63. The van der Waals surface area contributed by atoms with Gasteiger partial charge in [-0.15, -0.1) is 11.3 Å². The van der Waals surface area contributed by atoms with Crippen molar-refractivity contribution in [3.8, 4) is 33.4 Å². The predicted octanol–water partition coefficient (Wildman–Crippen LogP) is 10.9. The summed E-state index contributed by atoms with van der Waals surface area (Å²) in [5.74, 6) is 0. The highest BCUT2D eigenvalue weighted by Gasteiger charge is 2.41. The molecule has 2 heterocycles. The van der Waals surface area contributed by atoms with Gasteiger partial charge in [0.15, 0.2) is 8.07 Å². The van der Waals surface area contributed by atoms with Crippen molar-refractivity contribution < 1.29 is 0 Å². The maximum absolute atomic E-state index is 2.71. The molecule has 0 saturated heterocycles. The highest BCUT2D eigenvalue weighted by molar-refractivity contribution is 7.26. The lowest BCUT2D eigenvalue weighted by atomic mass is 9.32. The zero-order valence-electron chi connectivity index (χ0n) is 35.4. The van der Waals surface area contributed by atoms with Crippen LogP contribution >= 0.6 is 11.3 Å². The van der Waals surface area contributed by atoms with Crippen molar-refractivity contribution in [1.82, 2.24) is 0 Å². The van der Waals surface area contributed by atoms with Gasteiger partial charge in [0.2, 0.25) is 6.71 Å². The van der Waals surface area contributed by atoms with Crippen LogP contribution in [-0.4, -0.2) is 14.8 Å². The third kappa shape index (κ3) is 6.34. The second kappa shape index (κ2) is 16.1. The summed E-state index contributed by atoms with van der Waals surface area (Å²) in [5.41, 5.74) is 14.5. The number of rotatable bonds is 8. The van der Waals surface area contributed by atoms with Crippen LogP contribution in [0.1, 0.15) is 11.1 Å². The molecule has 0 saturated carbocycles. The standard InChI is InChI=1S/C61H43BSSi/c1-6-21-43(22-7-1)54-40-47(41-55(44-23-8-2-9-24-44)60(54)62-57-35-18-16-25-45(57)39-46-26-17-19-36-58(46)62)52-33-20-34-53-56-42-51(37-38-59(56)63-61(52)53)64(48-27-10-3-11-28-48,49-29-12-4-13-30-49)50-31-14-5-15-32-50/h1-38,40-42H,39H2. The summed E-state index contributed by atoms with van der Waals surface area (Å²) in [5, 5.41) is 8.17. The smallest absolute Gasteiger partial charge is 0.135 e. The first-order chi connectivity index (χ1) is 31.8. The highest BCUT2D eigenvalue weighted by Crippen LogP contribution is 2.42. The van der Waals surface area contributed by atoms with Gasteiger partial charge >= 0.3 is 0 Å². The van der Waals surface area contributed by atoms with Gasteiger partial charge in [-0.25, -0.2) is 0 Å². The van der Waals surface area contributed by atoms with E-state index < -0.39 is 8.07 Å². The van der Waals surface area contributed by atoms with Gasteiger partial charge in [0.1, 0.15) is 0 Å². The Bertz CT molecular complexity index is 3250. The molecule has 12 rings (SSSR count). The Hall–Kier alpha value is -7.30. The molecule has 0 nitrogen and oxygen atoms in total. The summed E-state index contributed by atoms with van der Waals surface area (Å²) in [6, 6.07) is 93.5. The van der Waals surface area contributed by atoms with Crippen LogP contribution in [0.4, 0.5) is 0 Å². The summed E-state index contributed by atoms with van der Waals surface area (Å²) >= 11 is 1.92. The largest absolute Gasteiger partial charge is 0.243 e. The molecule has 0 spiro atoms. The molecule has 300 valence electrons. The Morgan fingerprint density at radius 1 is 0.344 bits per heavy atom. The van der Waals surface area contributed by atoms with Crippen molar-refractivity contribution in [1.29, 1.82) is 0 Å². The van der Waals surface area contributed by atoms with Gasteiger partial charge < -0.3 is 0 Å². The van der Waals surface area contributed by atoms with Crippen LogP contribution in [0.25, 0.3) is 53.6 Å². The Balaban J connectivity index is 1.12. The summed E-state index contributed by atoms with van der Waals surface area (Å²) in [6.45, 7) is 0.0717. The van der Waals surface area contributed by atoms with E-state index in [4.69, 9.17) is 0 Å². The molecule has 0 bridgehead atoms. The van der Waals surface area contributed by atoms with Crippen LogP contribution in [0.15, 0.2) is 249 Å². The molecule has 11 aromatic rings. The van der Waals surface area contributed by atoms with Gasteiger partial charge in [-0.1, -0.05) is 247 Å². The molecule has 0 aliphatic carbocycles. The molecular formula is C61H43BSSi. The van der Waals surface area contributed by atoms with Gasteiger partial charge in [0.25, 0.3) is 0 Å². The number of thiophene rings is 1. The quantitative estimate of drug-likeness (QED) is 0.106. The monoisotopic (exact) mass is 846 g/mol. The molecule has 1 aromatic heterocycles. The van der Waals surface area contributed by atoms with Crippen molar-refractivity contribution in [3.63, 3.8) is 0 Å². The first-order valence-electron chi connectivity index (χ1n) is 22.3. The van der Waals surface area contributed by atoms with Gasteiger partial charge in [0, 0.05) is 20.2 Å². The molecular weight excluding hydrogens is 804 g/mol. The van der Waals surface area contributed by atoms with E-state index >= 15 is 0 Å². The maximum atomic E-state index is 2.54. The molecule has 1 aliphatic rings. The molecule has 64 heavy (non-hydrogen) atoms. The minimum Gasteiger partial charge on any atom is -0.135 e. The van der Waals surface area contributed by atoms with E-state index in [1.165, 1.54) is 102 Å². The number of hydrogen-bond acceptors (Lipinski definition) is 1. The van der Waals surface area contributed by atoms with E-state index in [9.17, 15) is 0 Å². The molecule has 0 atom stereocenters. The molecule has 1 aliphatic heterocycles. The van der Waals surface area contributed by atoms with Crippen molar-refractivity contribution in [2.75, 3.05) is 0 Å². The number of benzene rings is 10. The molecule has 0 amide bonds. The average molecular weight is 847 g/mol. The van der Waals surface area contributed by atoms with Crippen LogP contribution in [0.3, 0.4) is 0 Å². The van der Waals surface area contributed by atoms with Crippen molar-refractivity contribution in [2.24, 2.45) is 0 Å². The third-order valence-electron chi connectivity index (χ3n) is 13.6. The molecule has 10 aromatic carbocycles. The minimum atomic E-state index is -2.71. The lowest BCUT2D eigenvalue weighted by Gasteiger charge is -2.34. The van der Waals surface area contributed by atoms with E-state index in [1.807, 2.05) is 11.3 Å². The van der Waals surface area contributed by atoms with Crippen LogP contribution in [0.2, 0.25) is 0 Å². The molecule has 0 fully saturated rings. The molecule has 0 N–H and O–H groups in total. The fraction of sp³-hybridized carbons (Fsp3) is 0.0164. The normalized spacial score (nSPS) is 12.3. The summed E-state index contributed by atoms with van der Waals surface area (Å²) in [7, 11) is -2.71. The molecule has 3 heteroatoms. The first-order valence-corrected chi connectivity index (χ1v) is 25.1. The van der Waals surface area contributed by atoms with Gasteiger partial charge in [-0.2, -0.15) is 0 Å². The third-order valence-corrected chi connectivity index (χ3v) is 19.6. The van der Waals surface area contributed by atoms with Crippen molar-refractivity contribution in [3.05, 3.63) is 260 Å². The van der Waals surface area contributed by atoms with Crippen molar-refractivity contribution in [2.45, 2.75) is 6.42 Å². The Kier molecular flexibility index (Phi) is 9.66. The Morgan fingerprint density at radius 2 is 0.812 bits per heavy atom. The Labute approximate surface area is 380 Å². The topological polar surface area (TPSA) is 0 Å². The maximum Gasteiger partial charge on any atom is 0.243 e. The number of hydrogen-bond donors (Lipinski definition) is 0. The lowest BCUT2D eigenvalue weighted by molar-refractivity contribution is 1.21. The fourth-order valence-corrected chi connectivity index (χ4v) is 16.8. The molecule has 0 radical (unpaired) electrons. The van der Waals surface area contributed by atoms with E-state index in [0.717, 1.165) is 6.42 Å². The second-order valence-corrected chi connectivity index (χ2v) is 21.9. The average Bonchev–Trinajstić information content (AvgIpc) is 3.75. The number of fused-ring (bicyclic) bond motifs is 5. The fourth-order valence-electron chi connectivity index (χ4n) is 10.8. The minimum absolute atomic E-state index is 0.0717. The van der Waals surface area contributed by atoms with Gasteiger partial charge in [0.05, 0.1) is 0 Å². The zero-order chi connectivity index (χ0) is 42.5. The van der Waals surface area contributed by atoms with Crippen LogP contribution in [0, 0.1) is 0 Å². The van der Waals surface area contributed by atoms with Gasteiger partial charge in [-0.05, 0) is 89.9 Å². The highest BCUT2D eigenvalue weighted by atomic mass is 32.1. The van der Waals surface area contributed by atoms with E-state index in [0.29, 0.717) is 0 Å². The molecule has 0 unspecified atom stereocenters.